The molecule has 166 valence electrons. The summed E-state index contributed by atoms with van der Waals surface area (Å²) in [4.78, 5) is 14.0. The summed E-state index contributed by atoms with van der Waals surface area (Å²) in [6.45, 7) is 0.602. The number of nitrogens with zero attached hydrogens (tertiary/aromatic N) is 4. The molecule has 8 nitrogen and oxygen atoms in total. The van der Waals surface area contributed by atoms with E-state index in [0.29, 0.717) is 6.54 Å². The van der Waals surface area contributed by atoms with Crippen molar-refractivity contribution in [2.45, 2.75) is 13.2 Å². The molecule has 0 aliphatic rings. The van der Waals surface area contributed by atoms with E-state index in [1.807, 2.05) is 84.9 Å². The second-order valence-corrected chi connectivity index (χ2v) is 7.09. The molecule has 4 aromatic rings. The van der Waals surface area contributed by atoms with Crippen LogP contribution in [0.25, 0.3) is 0 Å². The molecule has 0 aliphatic heterocycles. The Labute approximate surface area is 191 Å². The van der Waals surface area contributed by atoms with Gasteiger partial charge in [0, 0.05) is 6.54 Å². The van der Waals surface area contributed by atoms with Crippen molar-refractivity contribution >= 4 is 12.1 Å². The molecule has 0 radical (unpaired) electrons. The maximum atomic E-state index is 12.8. The molecule has 0 fully saturated rings. The first kappa shape index (κ1) is 21.8. The summed E-state index contributed by atoms with van der Waals surface area (Å²) >= 11 is 0. The number of carbonyl (C=O) groups excluding carboxylic acids is 1. The third-order valence-corrected chi connectivity index (χ3v) is 4.78. The Balaban J connectivity index is 1.54. The summed E-state index contributed by atoms with van der Waals surface area (Å²) in [6.07, 6.45) is 1.61. The van der Waals surface area contributed by atoms with Crippen LogP contribution in [0.4, 0.5) is 0 Å². The Kier molecular flexibility index (Phi) is 7.07. The van der Waals surface area contributed by atoms with Crippen molar-refractivity contribution in [1.29, 1.82) is 0 Å². The number of methoxy groups -OCH3 is 1. The Morgan fingerprint density at radius 2 is 1.64 bits per heavy atom. The van der Waals surface area contributed by atoms with E-state index in [1.54, 1.807) is 13.3 Å². The van der Waals surface area contributed by atoms with Gasteiger partial charge in [-0.1, -0.05) is 65.5 Å². The summed E-state index contributed by atoms with van der Waals surface area (Å²) in [5.74, 6) is 0.513. The van der Waals surface area contributed by atoms with E-state index in [2.05, 4.69) is 20.7 Å². The second kappa shape index (κ2) is 10.7. The van der Waals surface area contributed by atoms with Crippen LogP contribution in [0.5, 0.6) is 11.6 Å². The molecule has 0 bridgehead atoms. The molecular weight excluding hydrogens is 418 g/mol. The smallest absolute Gasteiger partial charge is 0.277 e. The molecule has 33 heavy (non-hydrogen) atoms. The quantitative estimate of drug-likeness (QED) is 0.400. The number of amides is 1. The summed E-state index contributed by atoms with van der Waals surface area (Å²) in [5, 5.41) is 15.2. The minimum absolute atomic E-state index is 0.0637. The van der Waals surface area contributed by atoms with Crippen molar-refractivity contribution in [2.75, 3.05) is 7.11 Å². The summed E-state index contributed by atoms with van der Waals surface area (Å²) < 4.78 is 11.1. The normalized spacial score (nSPS) is 10.8. The van der Waals surface area contributed by atoms with Gasteiger partial charge < -0.3 is 14.8 Å². The van der Waals surface area contributed by atoms with Crippen LogP contribution < -0.4 is 14.8 Å². The number of benzene rings is 3. The molecule has 0 saturated heterocycles. The Bertz CT molecular complexity index is 1210. The van der Waals surface area contributed by atoms with Crippen molar-refractivity contribution in [2.24, 2.45) is 5.10 Å². The molecule has 0 atom stereocenters. The van der Waals surface area contributed by atoms with E-state index >= 15 is 0 Å². The monoisotopic (exact) mass is 441 g/mol. The molecule has 4 rings (SSSR count). The average molecular weight is 441 g/mol. The van der Waals surface area contributed by atoms with Crippen LogP contribution >= 0.6 is 0 Å². The molecule has 8 heteroatoms. The van der Waals surface area contributed by atoms with Gasteiger partial charge in [0.15, 0.2) is 0 Å². The number of carbonyl (C=O) groups is 1. The van der Waals surface area contributed by atoms with Gasteiger partial charge in [-0.2, -0.15) is 5.10 Å². The van der Waals surface area contributed by atoms with Gasteiger partial charge in [0.1, 0.15) is 12.4 Å². The molecular formula is C25H23N5O3. The van der Waals surface area contributed by atoms with Gasteiger partial charge >= 0.3 is 0 Å². The zero-order chi connectivity index (χ0) is 22.9. The summed E-state index contributed by atoms with van der Waals surface area (Å²) in [7, 11) is 1.61. The minimum Gasteiger partial charge on any atom is -0.497 e. The molecule has 0 unspecified atom stereocenters. The topological polar surface area (TPSA) is 90.6 Å². The minimum atomic E-state index is -0.396. The van der Waals surface area contributed by atoms with Crippen LogP contribution in [0.1, 0.15) is 27.2 Å². The average Bonchev–Trinajstić information content (AvgIpc) is 3.29. The van der Waals surface area contributed by atoms with Crippen molar-refractivity contribution in [3.63, 3.8) is 0 Å². The van der Waals surface area contributed by atoms with Gasteiger partial charge in [0.05, 0.1) is 13.3 Å². The Hall–Kier alpha value is -4.46. The fourth-order valence-corrected chi connectivity index (χ4v) is 3.01. The fourth-order valence-electron chi connectivity index (χ4n) is 3.01. The van der Waals surface area contributed by atoms with Gasteiger partial charge in [-0.25, -0.2) is 0 Å². The second-order valence-electron chi connectivity index (χ2n) is 7.09. The Morgan fingerprint density at radius 3 is 2.30 bits per heavy atom. The predicted molar refractivity (Wildman–Crippen MR) is 124 cm³/mol. The molecule has 0 saturated carbocycles. The largest absolute Gasteiger partial charge is 0.497 e. The summed E-state index contributed by atoms with van der Waals surface area (Å²) in [6, 6.07) is 26.6. The van der Waals surface area contributed by atoms with Crippen LogP contribution in [0.2, 0.25) is 0 Å². The maximum Gasteiger partial charge on any atom is 0.277 e. The van der Waals surface area contributed by atoms with E-state index in [-0.39, 0.29) is 18.2 Å². The van der Waals surface area contributed by atoms with Gasteiger partial charge in [0.25, 0.3) is 11.8 Å². The number of hydrogen-bond acceptors (Lipinski definition) is 6. The van der Waals surface area contributed by atoms with E-state index < -0.39 is 5.91 Å². The van der Waals surface area contributed by atoms with E-state index in [1.165, 1.54) is 4.79 Å². The maximum absolute atomic E-state index is 12.8. The lowest BCUT2D eigenvalue weighted by Gasteiger charge is -2.08. The van der Waals surface area contributed by atoms with E-state index in [9.17, 15) is 4.79 Å². The standard InChI is InChI=1S/C25H23N5O3/c1-32-22-14-12-20(13-15-22)17-27-30-25(33-18-21-10-6-3-7-11-21)23(28-29-30)24(31)26-16-19-8-4-2-5-9-19/h2-15,17H,16,18H2,1H3,(H,26,31)/b27-17-. The first-order valence-corrected chi connectivity index (χ1v) is 10.4. The van der Waals surface area contributed by atoms with Crippen LogP contribution in [0, 0.1) is 0 Å². The number of aromatic nitrogens is 3. The lowest BCUT2D eigenvalue weighted by atomic mass is 10.2. The molecule has 0 spiro atoms. The van der Waals surface area contributed by atoms with Crippen LogP contribution in [-0.4, -0.2) is 34.3 Å². The van der Waals surface area contributed by atoms with Crippen LogP contribution in [-0.2, 0) is 13.2 Å². The first-order valence-electron chi connectivity index (χ1n) is 10.4. The highest BCUT2D eigenvalue weighted by Gasteiger charge is 2.21. The zero-order valence-electron chi connectivity index (χ0n) is 18.1. The highest BCUT2D eigenvalue weighted by atomic mass is 16.5. The molecule has 1 heterocycles. The highest BCUT2D eigenvalue weighted by Crippen LogP contribution is 2.18. The van der Waals surface area contributed by atoms with Crippen LogP contribution in [0.15, 0.2) is 90.0 Å². The number of ether oxygens (including phenoxy) is 2. The zero-order valence-corrected chi connectivity index (χ0v) is 18.1. The lowest BCUT2D eigenvalue weighted by Crippen LogP contribution is -2.24. The van der Waals surface area contributed by atoms with E-state index in [0.717, 1.165) is 22.4 Å². The number of rotatable bonds is 9. The van der Waals surface area contributed by atoms with Crippen molar-refractivity contribution < 1.29 is 14.3 Å². The van der Waals surface area contributed by atoms with Gasteiger partial charge in [-0.05, 0) is 46.2 Å². The van der Waals surface area contributed by atoms with Crippen molar-refractivity contribution in [3.05, 3.63) is 107 Å². The van der Waals surface area contributed by atoms with E-state index in [4.69, 9.17) is 9.47 Å². The fraction of sp³-hybridized carbons (Fsp3) is 0.120. The van der Waals surface area contributed by atoms with Crippen LogP contribution in [0.3, 0.4) is 0 Å². The third-order valence-electron chi connectivity index (χ3n) is 4.78. The molecule has 1 N–H and O–H groups in total. The molecule has 1 amide bonds. The van der Waals surface area contributed by atoms with Crippen molar-refractivity contribution in [1.82, 2.24) is 20.4 Å². The predicted octanol–water partition coefficient (Wildman–Crippen LogP) is 3.68. The SMILES string of the molecule is COc1ccc(/C=N\n2nnc(C(=O)NCc3ccccc3)c2OCc2ccccc2)cc1. The van der Waals surface area contributed by atoms with Gasteiger partial charge in [0.2, 0.25) is 5.69 Å². The highest BCUT2D eigenvalue weighted by molar-refractivity contribution is 5.94. The third kappa shape index (κ3) is 5.82. The van der Waals surface area contributed by atoms with Gasteiger partial charge in [-0.15, -0.1) is 5.10 Å². The lowest BCUT2D eigenvalue weighted by molar-refractivity contribution is 0.0940. The summed E-state index contributed by atoms with van der Waals surface area (Å²) in [5.41, 5.74) is 2.81. The molecule has 3 aromatic carbocycles. The Morgan fingerprint density at radius 1 is 0.970 bits per heavy atom. The molecule has 0 aliphatic carbocycles. The van der Waals surface area contributed by atoms with Crippen molar-refractivity contribution in [3.8, 4) is 11.6 Å². The van der Waals surface area contributed by atoms with Gasteiger partial charge in [-0.3, -0.25) is 4.79 Å². The number of nitrogens with one attached hydrogen (secondary N) is 1. The molecule has 1 aromatic heterocycles. The number of hydrogen-bond donors (Lipinski definition) is 1. The first-order chi connectivity index (χ1) is 16.2.